The fraction of sp³-hybridized carbons (Fsp3) is 0. The molecule has 0 aliphatic carbocycles. The molecule has 0 saturated carbocycles. The summed E-state index contributed by atoms with van der Waals surface area (Å²) in [6, 6.07) is 73.8. The van der Waals surface area contributed by atoms with Crippen molar-refractivity contribution in [3.63, 3.8) is 0 Å². The first kappa shape index (κ1) is 34.8. The second kappa shape index (κ2) is 13.8. The van der Waals surface area contributed by atoms with Crippen LogP contribution in [0.5, 0.6) is 0 Å². The zero-order valence-corrected chi connectivity index (χ0v) is 34.1. The Hall–Kier alpha value is -7.99. The molecule has 288 valence electrons. The minimum absolute atomic E-state index is 0.640. The normalized spacial score (nSPS) is 11.9. The number of nitrogens with zero attached hydrogens (tertiary/aromatic N) is 4. The molecule has 0 aliphatic heterocycles. The van der Waals surface area contributed by atoms with E-state index in [9.17, 15) is 0 Å². The van der Waals surface area contributed by atoms with Crippen LogP contribution >= 0.6 is 11.3 Å². The van der Waals surface area contributed by atoms with Gasteiger partial charge in [-0.3, -0.25) is 0 Å². The van der Waals surface area contributed by atoms with Crippen molar-refractivity contribution in [2.75, 3.05) is 0 Å². The minimum atomic E-state index is 0.640. The summed E-state index contributed by atoms with van der Waals surface area (Å²) in [5.74, 6) is 1.93. The van der Waals surface area contributed by atoms with Crippen molar-refractivity contribution < 1.29 is 0 Å². The minimum Gasteiger partial charge on any atom is -0.309 e. The Morgan fingerprint density at radius 3 is 1.44 bits per heavy atom. The molecule has 0 N–H and O–H groups in total. The third-order valence-electron chi connectivity index (χ3n) is 12.4. The van der Waals surface area contributed by atoms with Crippen molar-refractivity contribution >= 4 is 85.6 Å². The maximum absolute atomic E-state index is 5.39. The summed E-state index contributed by atoms with van der Waals surface area (Å²) in [4.78, 5) is 15.9. The third-order valence-corrected chi connectivity index (χ3v) is 13.6. The Balaban J connectivity index is 1.06. The lowest BCUT2D eigenvalue weighted by Crippen LogP contribution is -2.00. The number of aromatic nitrogens is 4. The van der Waals surface area contributed by atoms with E-state index < -0.39 is 0 Å². The Bertz CT molecular complexity index is 3850. The smallest absolute Gasteiger partial charge is 0.164 e. The first-order chi connectivity index (χ1) is 30.8. The molecule has 0 atom stereocenters. The van der Waals surface area contributed by atoms with E-state index in [-0.39, 0.29) is 0 Å². The number of thiophene rings is 1. The van der Waals surface area contributed by atoms with Gasteiger partial charge in [-0.05, 0) is 74.3 Å². The van der Waals surface area contributed by atoms with Crippen molar-refractivity contribution in [3.05, 3.63) is 206 Å². The van der Waals surface area contributed by atoms with Gasteiger partial charge in [-0.25, -0.2) is 15.0 Å². The molecule has 0 spiro atoms. The molecule has 4 nitrogen and oxygen atoms in total. The molecule has 0 fully saturated rings. The quantitative estimate of drug-likeness (QED) is 0.163. The first-order valence-electron chi connectivity index (χ1n) is 20.9. The van der Waals surface area contributed by atoms with Gasteiger partial charge in [0.05, 0.1) is 16.7 Å². The maximum atomic E-state index is 5.39. The number of benzene rings is 10. The summed E-state index contributed by atoms with van der Waals surface area (Å²) in [6.45, 7) is 0. The number of rotatable bonds is 5. The van der Waals surface area contributed by atoms with Gasteiger partial charge in [0.15, 0.2) is 17.5 Å². The van der Waals surface area contributed by atoms with Crippen LogP contribution in [0.15, 0.2) is 206 Å². The van der Waals surface area contributed by atoms with E-state index in [4.69, 9.17) is 15.0 Å². The molecule has 3 heterocycles. The molecule has 0 unspecified atom stereocenters. The van der Waals surface area contributed by atoms with Crippen LogP contribution in [-0.2, 0) is 0 Å². The van der Waals surface area contributed by atoms with Crippen LogP contribution in [0, 0.1) is 0 Å². The molecular formula is C57H34N4S. The Kier molecular flexibility index (Phi) is 7.74. The number of hydrogen-bond acceptors (Lipinski definition) is 4. The van der Waals surface area contributed by atoms with Crippen molar-refractivity contribution in [1.82, 2.24) is 19.5 Å². The number of fused-ring (bicyclic) bond motifs is 12. The standard InChI is InChI=1S/C57H34N4S/c1-2-16-35(17-3-1)55-58-56(36-32-33-41-39-20-5-4-18-37(39)38-19-6-7-21-40(38)47(41)34-36)60-57(59-55)46-26-15-31-52-54(46)53-45(25-14-30-51(53)62-52)44-24-10-13-29-50(44)61-48-27-11-8-22-42(48)43-23-9-12-28-49(43)61/h1-34H. The zero-order valence-electron chi connectivity index (χ0n) is 33.3. The van der Waals surface area contributed by atoms with E-state index >= 15 is 0 Å². The van der Waals surface area contributed by atoms with E-state index in [0.29, 0.717) is 17.5 Å². The lowest BCUT2D eigenvalue weighted by Gasteiger charge is -2.15. The molecule has 10 aromatic carbocycles. The van der Waals surface area contributed by atoms with Crippen LogP contribution < -0.4 is 0 Å². The summed E-state index contributed by atoms with van der Waals surface area (Å²) >= 11 is 1.81. The van der Waals surface area contributed by atoms with Gasteiger partial charge in [0.2, 0.25) is 0 Å². The van der Waals surface area contributed by atoms with Gasteiger partial charge in [0, 0.05) is 53.2 Å². The van der Waals surface area contributed by atoms with Crippen LogP contribution in [0.25, 0.3) is 125 Å². The van der Waals surface area contributed by atoms with Gasteiger partial charge >= 0.3 is 0 Å². The Morgan fingerprint density at radius 2 is 0.774 bits per heavy atom. The topological polar surface area (TPSA) is 43.6 Å². The van der Waals surface area contributed by atoms with E-state index in [2.05, 4.69) is 193 Å². The average Bonchev–Trinajstić information content (AvgIpc) is 3.90. The fourth-order valence-corrected chi connectivity index (χ4v) is 10.9. The molecule has 62 heavy (non-hydrogen) atoms. The van der Waals surface area contributed by atoms with Gasteiger partial charge in [0.25, 0.3) is 0 Å². The van der Waals surface area contributed by atoms with Gasteiger partial charge in [0.1, 0.15) is 0 Å². The van der Waals surface area contributed by atoms with Crippen molar-refractivity contribution in [2.24, 2.45) is 0 Å². The first-order valence-corrected chi connectivity index (χ1v) is 21.8. The highest BCUT2D eigenvalue weighted by Crippen LogP contribution is 2.46. The van der Waals surface area contributed by atoms with Gasteiger partial charge in [-0.1, -0.05) is 170 Å². The van der Waals surface area contributed by atoms with Gasteiger partial charge < -0.3 is 4.57 Å². The highest BCUT2D eigenvalue weighted by atomic mass is 32.1. The van der Waals surface area contributed by atoms with Crippen molar-refractivity contribution in [2.45, 2.75) is 0 Å². The summed E-state index contributed by atoms with van der Waals surface area (Å²) in [7, 11) is 0. The molecule has 0 radical (unpaired) electrons. The maximum Gasteiger partial charge on any atom is 0.164 e. The van der Waals surface area contributed by atoms with Crippen LogP contribution in [0.4, 0.5) is 0 Å². The van der Waals surface area contributed by atoms with Crippen molar-refractivity contribution in [3.8, 4) is 51.0 Å². The molecule has 5 heteroatoms. The summed E-state index contributed by atoms with van der Waals surface area (Å²) in [5, 5.41) is 12.2. The highest BCUT2D eigenvalue weighted by Gasteiger charge is 2.22. The summed E-state index contributed by atoms with van der Waals surface area (Å²) in [5.41, 5.74) is 8.71. The molecule has 0 aliphatic rings. The predicted octanol–water partition coefficient (Wildman–Crippen LogP) is 15.5. The number of hydrogen-bond donors (Lipinski definition) is 0. The zero-order chi connectivity index (χ0) is 40.7. The third kappa shape index (κ3) is 5.29. The van der Waals surface area contributed by atoms with E-state index in [1.54, 1.807) is 0 Å². The second-order valence-corrected chi connectivity index (χ2v) is 17.0. The highest BCUT2D eigenvalue weighted by molar-refractivity contribution is 7.26. The van der Waals surface area contributed by atoms with Gasteiger partial charge in [-0.2, -0.15) is 0 Å². The predicted molar refractivity (Wildman–Crippen MR) is 261 cm³/mol. The lowest BCUT2D eigenvalue weighted by molar-refractivity contribution is 1.08. The largest absolute Gasteiger partial charge is 0.309 e. The summed E-state index contributed by atoms with van der Waals surface area (Å²) < 4.78 is 4.83. The second-order valence-electron chi connectivity index (χ2n) is 15.9. The average molecular weight is 807 g/mol. The lowest BCUT2D eigenvalue weighted by atomic mass is 9.93. The monoisotopic (exact) mass is 806 g/mol. The van der Waals surface area contributed by atoms with Gasteiger partial charge in [-0.15, -0.1) is 11.3 Å². The molecule has 13 aromatic rings. The van der Waals surface area contributed by atoms with Crippen molar-refractivity contribution in [1.29, 1.82) is 0 Å². The van der Waals surface area contributed by atoms with E-state index in [0.717, 1.165) is 33.3 Å². The molecule has 0 bridgehead atoms. The van der Waals surface area contributed by atoms with E-state index in [1.807, 2.05) is 29.5 Å². The molecule has 3 aromatic heterocycles. The van der Waals surface area contributed by atoms with Crippen LogP contribution in [0.2, 0.25) is 0 Å². The molecular weight excluding hydrogens is 773 g/mol. The van der Waals surface area contributed by atoms with Crippen LogP contribution in [0.3, 0.4) is 0 Å². The van der Waals surface area contributed by atoms with Crippen LogP contribution in [-0.4, -0.2) is 19.5 Å². The molecule has 0 amide bonds. The Morgan fingerprint density at radius 1 is 0.306 bits per heavy atom. The summed E-state index contributed by atoms with van der Waals surface area (Å²) in [6.07, 6.45) is 0. The SMILES string of the molecule is c1ccc(-c2nc(-c3ccc4c5ccccc5c5ccccc5c4c3)nc(-c3cccc4sc5cccc(-c6ccccc6-n6c7ccccc7c7ccccc76)c5c34)n2)cc1. The Labute approximate surface area is 360 Å². The molecule has 13 rings (SSSR count). The van der Waals surface area contributed by atoms with E-state index in [1.165, 1.54) is 74.5 Å². The molecule has 0 saturated heterocycles. The number of para-hydroxylation sites is 3. The fourth-order valence-electron chi connectivity index (χ4n) is 9.74. The van der Waals surface area contributed by atoms with Crippen LogP contribution in [0.1, 0.15) is 0 Å².